The van der Waals surface area contributed by atoms with E-state index in [2.05, 4.69) is 0 Å². The van der Waals surface area contributed by atoms with Gasteiger partial charge in [0.05, 0.1) is 0 Å². The SMILES string of the molecule is C.C.C.C.O[Si](O)(O)O.O[Si](O)(O)O. The molecule has 0 aliphatic heterocycles. The summed E-state index contributed by atoms with van der Waals surface area (Å²) in [5.74, 6) is 0. The number of rotatable bonds is 0. The summed E-state index contributed by atoms with van der Waals surface area (Å²) >= 11 is 0. The first-order valence-corrected chi connectivity index (χ1v) is 5.37. The van der Waals surface area contributed by atoms with Gasteiger partial charge in [-0.25, -0.2) is 0 Å². The van der Waals surface area contributed by atoms with Crippen molar-refractivity contribution in [2.24, 2.45) is 0 Å². The van der Waals surface area contributed by atoms with Gasteiger partial charge in [-0.3, -0.25) is 0 Å². The van der Waals surface area contributed by atoms with Crippen molar-refractivity contribution in [3.8, 4) is 0 Å². The zero-order valence-electron chi connectivity index (χ0n) is 4.58. The lowest BCUT2D eigenvalue weighted by Gasteiger charge is -1.91. The normalized spacial score (nSPS) is 8.57. The summed E-state index contributed by atoms with van der Waals surface area (Å²) in [4.78, 5) is 58.6. The van der Waals surface area contributed by atoms with E-state index in [1.54, 1.807) is 0 Å². The fraction of sp³-hybridized carbons (Fsp3) is 1.00. The van der Waals surface area contributed by atoms with Gasteiger partial charge in [0.15, 0.2) is 0 Å². The summed E-state index contributed by atoms with van der Waals surface area (Å²) in [6, 6.07) is 0. The highest BCUT2D eigenvalue weighted by atomic mass is 28.4. The molecular weight excluding hydrogens is 232 g/mol. The highest BCUT2D eigenvalue weighted by Crippen LogP contribution is 1.67. The Morgan fingerprint density at radius 3 is 0.357 bits per heavy atom. The minimum atomic E-state index is -4.61. The Balaban J connectivity index is -0.0000000178. The van der Waals surface area contributed by atoms with Gasteiger partial charge in [-0.05, 0) is 0 Å². The van der Waals surface area contributed by atoms with Crippen LogP contribution in [0.25, 0.3) is 0 Å². The number of hydrogen-bond donors (Lipinski definition) is 8. The van der Waals surface area contributed by atoms with Gasteiger partial charge < -0.3 is 38.4 Å². The van der Waals surface area contributed by atoms with E-state index in [1.165, 1.54) is 0 Å². The van der Waals surface area contributed by atoms with Gasteiger partial charge in [-0.2, -0.15) is 0 Å². The van der Waals surface area contributed by atoms with Gasteiger partial charge in [-0.15, -0.1) is 0 Å². The average Bonchev–Trinajstić information content (AvgIpc) is 1.12. The first-order valence-electron chi connectivity index (χ1n) is 1.79. The highest BCUT2D eigenvalue weighted by Gasteiger charge is 2.22. The van der Waals surface area contributed by atoms with E-state index in [-0.39, 0.29) is 29.7 Å². The second kappa shape index (κ2) is 13.1. The lowest BCUT2D eigenvalue weighted by Crippen LogP contribution is -2.33. The minimum absolute atomic E-state index is 0. The molecule has 0 amide bonds. The zero-order chi connectivity index (χ0) is 9.00. The van der Waals surface area contributed by atoms with Crippen molar-refractivity contribution >= 4 is 18.1 Å². The molecule has 10 heteroatoms. The Kier molecular flexibility index (Phi) is 34.5. The first-order chi connectivity index (χ1) is 4.00. The average molecular weight is 256 g/mol. The van der Waals surface area contributed by atoms with Crippen molar-refractivity contribution in [3.63, 3.8) is 0 Å². The third-order valence-electron chi connectivity index (χ3n) is 0. The summed E-state index contributed by atoms with van der Waals surface area (Å²) in [6.07, 6.45) is 0. The van der Waals surface area contributed by atoms with Crippen LogP contribution in [0.4, 0.5) is 0 Å². The summed E-state index contributed by atoms with van der Waals surface area (Å²) in [5.41, 5.74) is 0. The van der Waals surface area contributed by atoms with Crippen LogP contribution in [-0.4, -0.2) is 56.5 Å². The molecule has 0 saturated heterocycles. The maximum Gasteiger partial charge on any atom is 0.668 e. The van der Waals surface area contributed by atoms with E-state index in [9.17, 15) is 0 Å². The molecule has 96 valence electrons. The third kappa shape index (κ3) is 116000. The molecule has 0 rings (SSSR count). The van der Waals surface area contributed by atoms with Gasteiger partial charge in [0.1, 0.15) is 0 Å². The van der Waals surface area contributed by atoms with Gasteiger partial charge >= 0.3 is 18.1 Å². The van der Waals surface area contributed by atoms with Crippen LogP contribution in [0, 0.1) is 0 Å². The maximum atomic E-state index is 7.33. The highest BCUT2D eigenvalue weighted by molar-refractivity contribution is 6.47. The maximum absolute atomic E-state index is 7.33. The molecule has 0 aliphatic rings. The summed E-state index contributed by atoms with van der Waals surface area (Å²) in [5, 5.41) is 0. The van der Waals surface area contributed by atoms with E-state index in [4.69, 9.17) is 38.4 Å². The van der Waals surface area contributed by atoms with Gasteiger partial charge in [0, 0.05) is 0 Å². The second-order valence-electron chi connectivity index (χ2n) is 1.20. The van der Waals surface area contributed by atoms with E-state index in [0.717, 1.165) is 0 Å². The Hall–Kier alpha value is 0.114. The van der Waals surface area contributed by atoms with Crippen molar-refractivity contribution in [2.75, 3.05) is 0 Å². The molecule has 8 nitrogen and oxygen atoms in total. The van der Waals surface area contributed by atoms with E-state index >= 15 is 0 Å². The van der Waals surface area contributed by atoms with Crippen LogP contribution in [0.3, 0.4) is 0 Å². The van der Waals surface area contributed by atoms with Crippen molar-refractivity contribution in [2.45, 2.75) is 29.7 Å². The molecule has 14 heavy (non-hydrogen) atoms. The lowest BCUT2D eigenvalue weighted by atomic mass is 12.0. The zero-order valence-corrected chi connectivity index (χ0v) is 6.58. The monoisotopic (exact) mass is 256 g/mol. The molecule has 0 aromatic heterocycles. The fourth-order valence-corrected chi connectivity index (χ4v) is 0. The molecule has 8 N–H and O–H groups in total. The van der Waals surface area contributed by atoms with E-state index in [1.807, 2.05) is 0 Å². The summed E-state index contributed by atoms with van der Waals surface area (Å²) < 4.78 is 0. The lowest BCUT2D eigenvalue weighted by molar-refractivity contribution is 0.115. The predicted octanol–water partition coefficient (Wildman–Crippen LogP) is -2.67. The van der Waals surface area contributed by atoms with Crippen LogP contribution in [0.2, 0.25) is 0 Å². The van der Waals surface area contributed by atoms with Crippen LogP contribution >= 0.6 is 0 Å². The Morgan fingerprint density at radius 1 is 0.357 bits per heavy atom. The summed E-state index contributed by atoms with van der Waals surface area (Å²) in [7, 11) is -9.22. The van der Waals surface area contributed by atoms with Gasteiger partial charge in [0.2, 0.25) is 0 Å². The quantitative estimate of drug-likeness (QED) is 0.218. The molecule has 0 spiro atoms. The topological polar surface area (TPSA) is 162 Å². The Bertz CT molecular complexity index is 62.3. The molecule has 0 fully saturated rings. The van der Waals surface area contributed by atoms with Crippen molar-refractivity contribution in [1.29, 1.82) is 0 Å². The molecule has 0 atom stereocenters. The van der Waals surface area contributed by atoms with Crippen LogP contribution in [0.1, 0.15) is 29.7 Å². The molecular formula is C4H24O8Si2. The third-order valence-corrected chi connectivity index (χ3v) is 0. The van der Waals surface area contributed by atoms with Crippen LogP contribution in [-0.2, 0) is 0 Å². The van der Waals surface area contributed by atoms with Crippen molar-refractivity contribution in [1.82, 2.24) is 0 Å². The molecule has 0 saturated carbocycles. The predicted molar refractivity (Wildman–Crippen MR) is 56.2 cm³/mol. The summed E-state index contributed by atoms with van der Waals surface area (Å²) in [6.45, 7) is 0. The fourth-order valence-electron chi connectivity index (χ4n) is 0. The van der Waals surface area contributed by atoms with Crippen LogP contribution < -0.4 is 0 Å². The molecule has 0 bridgehead atoms. The van der Waals surface area contributed by atoms with Gasteiger partial charge in [0.25, 0.3) is 0 Å². The number of hydrogen-bond acceptors (Lipinski definition) is 8. The standard InChI is InChI=1S/4CH4.2H4O4Si/c;;;;2*1-5(2,3)4/h4*1H4;2*1-4H. The first kappa shape index (κ1) is 36.9. The smallest absolute Gasteiger partial charge is 0.368 e. The van der Waals surface area contributed by atoms with Gasteiger partial charge in [-0.1, -0.05) is 29.7 Å². The van der Waals surface area contributed by atoms with Crippen LogP contribution in [0.5, 0.6) is 0 Å². The van der Waals surface area contributed by atoms with Crippen molar-refractivity contribution < 1.29 is 38.4 Å². The largest absolute Gasteiger partial charge is 0.668 e. The van der Waals surface area contributed by atoms with E-state index < -0.39 is 18.1 Å². The molecule has 0 unspecified atom stereocenters. The molecule has 0 aromatic carbocycles. The minimum Gasteiger partial charge on any atom is -0.368 e. The molecule has 0 aliphatic carbocycles. The Morgan fingerprint density at radius 2 is 0.357 bits per heavy atom. The van der Waals surface area contributed by atoms with Crippen LogP contribution in [0.15, 0.2) is 0 Å². The van der Waals surface area contributed by atoms with E-state index in [0.29, 0.717) is 0 Å². The Labute approximate surface area is 87.0 Å². The molecule has 0 radical (unpaired) electrons. The molecule has 0 aromatic rings. The van der Waals surface area contributed by atoms with Crippen molar-refractivity contribution in [3.05, 3.63) is 0 Å². The molecule has 0 heterocycles. The second-order valence-corrected chi connectivity index (χ2v) is 3.60.